The first kappa shape index (κ1) is 22.0. The molecule has 8 nitrogen and oxygen atoms in total. The Kier molecular flexibility index (Phi) is 7.78. The van der Waals surface area contributed by atoms with Crippen LogP contribution < -0.4 is 0 Å². The highest BCUT2D eigenvalue weighted by Crippen LogP contribution is 2.22. The second kappa shape index (κ2) is 10.9. The van der Waals surface area contributed by atoms with Crippen LogP contribution in [0.1, 0.15) is 16.7 Å². The van der Waals surface area contributed by atoms with Crippen molar-refractivity contribution in [2.45, 2.75) is 13.2 Å². The van der Waals surface area contributed by atoms with Crippen LogP contribution in [-0.2, 0) is 32.3 Å². The minimum Gasteiger partial charge on any atom is -0.503 e. The normalized spacial score (nSPS) is 11.8. The van der Waals surface area contributed by atoms with Crippen molar-refractivity contribution in [1.29, 1.82) is 0 Å². The number of methoxy groups -OCH3 is 2. The van der Waals surface area contributed by atoms with Crippen molar-refractivity contribution in [3.8, 4) is 0 Å². The van der Waals surface area contributed by atoms with Gasteiger partial charge in [-0.3, -0.25) is 0 Å². The van der Waals surface area contributed by atoms with E-state index in [-0.39, 0.29) is 12.2 Å². The van der Waals surface area contributed by atoms with Gasteiger partial charge in [-0.25, -0.2) is 14.5 Å². The summed E-state index contributed by atoms with van der Waals surface area (Å²) in [7, 11) is 2.78. The molecule has 0 N–H and O–H groups in total. The van der Waals surface area contributed by atoms with E-state index in [1.165, 1.54) is 26.8 Å². The second-order valence-electron chi connectivity index (χ2n) is 6.33. The van der Waals surface area contributed by atoms with Crippen LogP contribution in [-0.4, -0.2) is 40.7 Å². The first-order valence-electron chi connectivity index (χ1n) is 9.29. The number of carbonyl (C=O) groups excluding carboxylic acids is 1. The monoisotopic (exact) mass is 440 g/mol. The average molecular weight is 441 g/mol. The Labute approximate surface area is 184 Å². The highest BCUT2D eigenvalue weighted by molar-refractivity contribution is 6.30. The molecule has 0 aliphatic carbocycles. The Morgan fingerprint density at radius 2 is 1.94 bits per heavy atom. The maximum absolute atomic E-state index is 12.2. The molecule has 0 saturated carbocycles. The van der Waals surface area contributed by atoms with Gasteiger partial charge in [0.25, 0.3) is 0 Å². The molecule has 0 amide bonds. The van der Waals surface area contributed by atoms with Crippen LogP contribution in [0.5, 0.6) is 0 Å². The van der Waals surface area contributed by atoms with Gasteiger partial charge in [-0.1, -0.05) is 53.2 Å². The largest absolute Gasteiger partial charge is 0.503 e. The van der Waals surface area contributed by atoms with E-state index in [1.54, 1.807) is 29.2 Å². The predicted octanol–water partition coefficient (Wildman–Crippen LogP) is 3.71. The Morgan fingerprint density at radius 1 is 1.16 bits per heavy atom. The number of carbonyl (C=O) groups is 1. The maximum Gasteiger partial charge on any atom is 0.341 e. The van der Waals surface area contributed by atoms with E-state index in [1.807, 2.05) is 30.3 Å². The van der Waals surface area contributed by atoms with Gasteiger partial charge in [-0.2, -0.15) is 5.10 Å². The summed E-state index contributed by atoms with van der Waals surface area (Å²) < 4.78 is 11.5. The molecule has 2 aromatic carbocycles. The molecule has 0 aliphatic rings. The van der Waals surface area contributed by atoms with Gasteiger partial charge in [0, 0.05) is 16.1 Å². The number of rotatable bonds is 9. The Balaban J connectivity index is 1.85. The molecule has 0 fully saturated rings. The zero-order valence-corrected chi connectivity index (χ0v) is 17.8. The van der Waals surface area contributed by atoms with Crippen molar-refractivity contribution in [1.82, 2.24) is 14.8 Å². The fraction of sp³-hybridized carbons (Fsp3) is 0.182. The number of ether oxygens (including phenoxy) is 2. The molecule has 0 aliphatic heterocycles. The van der Waals surface area contributed by atoms with Gasteiger partial charge in [-0.05, 0) is 17.7 Å². The van der Waals surface area contributed by atoms with Crippen molar-refractivity contribution in [3.63, 3.8) is 0 Å². The van der Waals surface area contributed by atoms with E-state index >= 15 is 0 Å². The summed E-state index contributed by atoms with van der Waals surface area (Å²) in [5.74, 6) is -0.508. The summed E-state index contributed by atoms with van der Waals surface area (Å²) in [6.45, 7) is 0.489. The summed E-state index contributed by atoms with van der Waals surface area (Å²) in [6.07, 6.45) is 4.39. The minimum atomic E-state index is -0.508. The van der Waals surface area contributed by atoms with Crippen molar-refractivity contribution in [3.05, 3.63) is 89.2 Å². The third-order valence-corrected chi connectivity index (χ3v) is 4.55. The zero-order chi connectivity index (χ0) is 22.1. The molecular weight excluding hydrogens is 420 g/mol. The van der Waals surface area contributed by atoms with Crippen molar-refractivity contribution in [2.24, 2.45) is 5.16 Å². The first-order chi connectivity index (χ1) is 15.1. The lowest BCUT2D eigenvalue weighted by Crippen LogP contribution is -2.13. The molecule has 9 heteroatoms. The number of esters is 1. The van der Waals surface area contributed by atoms with Crippen molar-refractivity contribution in [2.75, 3.05) is 14.2 Å². The van der Waals surface area contributed by atoms with Crippen LogP contribution in [0.2, 0.25) is 5.02 Å². The Morgan fingerprint density at radius 3 is 2.61 bits per heavy atom. The van der Waals surface area contributed by atoms with Crippen LogP contribution in [0.15, 0.2) is 72.6 Å². The molecule has 0 spiro atoms. The summed E-state index contributed by atoms with van der Waals surface area (Å²) in [5, 5.41) is 9.07. The molecule has 1 heterocycles. The van der Waals surface area contributed by atoms with Gasteiger partial charge < -0.3 is 14.3 Å². The fourth-order valence-corrected chi connectivity index (χ4v) is 2.95. The van der Waals surface area contributed by atoms with Crippen LogP contribution in [0, 0.1) is 0 Å². The highest BCUT2D eigenvalue weighted by Gasteiger charge is 2.17. The van der Waals surface area contributed by atoms with Gasteiger partial charge in [0.2, 0.25) is 0 Å². The molecular formula is C22H21ClN4O4. The van der Waals surface area contributed by atoms with E-state index in [0.29, 0.717) is 22.8 Å². The lowest BCUT2D eigenvalue weighted by molar-refractivity contribution is -0.133. The number of hydrogen-bond donors (Lipinski definition) is 0. The summed E-state index contributed by atoms with van der Waals surface area (Å²) in [4.78, 5) is 21.8. The van der Waals surface area contributed by atoms with E-state index in [0.717, 1.165) is 11.1 Å². The summed E-state index contributed by atoms with van der Waals surface area (Å²) >= 11 is 6.00. The summed E-state index contributed by atoms with van der Waals surface area (Å²) in [6, 6.07) is 14.6. The molecule has 0 saturated heterocycles. The molecule has 0 atom stereocenters. The van der Waals surface area contributed by atoms with E-state index in [2.05, 4.69) is 15.2 Å². The number of halogens is 1. The van der Waals surface area contributed by atoms with Gasteiger partial charge in [0.1, 0.15) is 30.5 Å². The molecule has 0 radical (unpaired) electrons. The number of benzene rings is 2. The van der Waals surface area contributed by atoms with E-state index < -0.39 is 5.97 Å². The standard InChI is InChI=1S/C22H21ClN4O4/c1-29-13-20(22(28)30-2)19-6-4-3-5-17(19)12-31-26-21(11-27-15-24-14-25-27)16-7-9-18(23)10-8-16/h3-10,13-15H,11-12H2,1-2H3/b20-13-,26-21-. The number of aromatic nitrogens is 3. The molecule has 31 heavy (non-hydrogen) atoms. The highest BCUT2D eigenvalue weighted by atomic mass is 35.5. The Bertz CT molecular complexity index is 1060. The molecule has 3 rings (SSSR count). The smallest absolute Gasteiger partial charge is 0.341 e. The van der Waals surface area contributed by atoms with Crippen molar-refractivity contribution >= 4 is 28.9 Å². The van der Waals surface area contributed by atoms with E-state index in [4.69, 9.17) is 25.9 Å². The molecule has 3 aromatic rings. The van der Waals surface area contributed by atoms with Crippen LogP contribution in [0.4, 0.5) is 0 Å². The average Bonchev–Trinajstić information content (AvgIpc) is 3.30. The lowest BCUT2D eigenvalue weighted by atomic mass is 10.0. The zero-order valence-electron chi connectivity index (χ0n) is 17.1. The van der Waals surface area contributed by atoms with E-state index in [9.17, 15) is 4.79 Å². The maximum atomic E-state index is 12.2. The predicted molar refractivity (Wildman–Crippen MR) is 116 cm³/mol. The minimum absolute atomic E-state index is 0.128. The van der Waals surface area contributed by atoms with Crippen LogP contribution in [0.25, 0.3) is 5.57 Å². The van der Waals surface area contributed by atoms with Crippen LogP contribution >= 0.6 is 11.6 Å². The Hall–Kier alpha value is -3.65. The van der Waals surface area contributed by atoms with Crippen molar-refractivity contribution < 1.29 is 19.1 Å². The molecule has 0 unspecified atom stereocenters. The lowest BCUT2D eigenvalue weighted by Gasteiger charge is -2.12. The SMILES string of the molecule is CO/C=C(\C(=O)OC)c1ccccc1CO/N=C(/Cn1cncn1)c1ccc(Cl)cc1. The molecule has 0 bridgehead atoms. The first-order valence-corrected chi connectivity index (χ1v) is 9.67. The second-order valence-corrected chi connectivity index (χ2v) is 6.76. The number of hydrogen-bond acceptors (Lipinski definition) is 7. The van der Waals surface area contributed by atoms with Gasteiger partial charge in [0.15, 0.2) is 0 Å². The topological polar surface area (TPSA) is 87.8 Å². The van der Waals surface area contributed by atoms with Gasteiger partial charge in [0.05, 0.1) is 27.0 Å². The van der Waals surface area contributed by atoms with Gasteiger partial charge in [-0.15, -0.1) is 0 Å². The van der Waals surface area contributed by atoms with Gasteiger partial charge >= 0.3 is 5.97 Å². The molecule has 1 aromatic heterocycles. The fourth-order valence-electron chi connectivity index (χ4n) is 2.82. The van der Waals surface area contributed by atoms with Crippen LogP contribution in [0.3, 0.4) is 0 Å². The summed E-state index contributed by atoms with van der Waals surface area (Å²) in [5.41, 5.74) is 3.14. The quantitative estimate of drug-likeness (QED) is 0.166. The number of oxime groups is 1. The molecule has 160 valence electrons. The third kappa shape index (κ3) is 5.93. The number of nitrogens with zero attached hydrogens (tertiary/aromatic N) is 4. The third-order valence-electron chi connectivity index (χ3n) is 4.30.